The summed E-state index contributed by atoms with van der Waals surface area (Å²) in [5.41, 5.74) is 2.87. The molecule has 196 valence electrons. The number of fused-ring (bicyclic) bond motifs is 2. The van der Waals surface area contributed by atoms with Crippen LogP contribution in [-0.4, -0.2) is 26.5 Å². The number of aromatic amines is 1. The number of rotatable bonds is 7. The smallest absolute Gasteiger partial charge is 0.419 e. The van der Waals surface area contributed by atoms with Crippen molar-refractivity contribution in [3.05, 3.63) is 84.4 Å². The number of H-pyrrole nitrogens is 1. The van der Waals surface area contributed by atoms with Crippen molar-refractivity contribution in [1.82, 2.24) is 19.9 Å². The second-order valence-electron chi connectivity index (χ2n) is 8.78. The van der Waals surface area contributed by atoms with Crippen LogP contribution in [0.25, 0.3) is 44.8 Å². The zero-order chi connectivity index (χ0) is 27.0. The van der Waals surface area contributed by atoms with Crippen molar-refractivity contribution >= 4 is 22.1 Å². The van der Waals surface area contributed by atoms with Crippen molar-refractivity contribution < 1.29 is 27.1 Å². The van der Waals surface area contributed by atoms with Gasteiger partial charge in [-0.2, -0.15) is 23.1 Å². The Kier molecular flexibility index (Phi) is 6.14. The van der Waals surface area contributed by atoms with Gasteiger partial charge in [0, 0.05) is 22.2 Å². The molecule has 6 aromatic rings. The molecule has 3 heterocycles. The molecule has 7 nitrogen and oxygen atoms in total. The summed E-state index contributed by atoms with van der Waals surface area (Å²) < 4.78 is 57.6. The molecular formula is C29H21F3N4O3. The molecule has 0 bridgehead atoms. The van der Waals surface area contributed by atoms with Gasteiger partial charge < -0.3 is 18.9 Å². The first-order valence-corrected chi connectivity index (χ1v) is 12.2. The molecule has 0 aliphatic carbocycles. The van der Waals surface area contributed by atoms with Gasteiger partial charge in [0.15, 0.2) is 5.52 Å². The van der Waals surface area contributed by atoms with Gasteiger partial charge in [-0.15, -0.1) is 0 Å². The summed E-state index contributed by atoms with van der Waals surface area (Å²) in [5, 5.41) is 1.09. The number of ether oxygens (including phenoxy) is 2. The second-order valence-corrected chi connectivity index (χ2v) is 8.78. The lowest BCUT2D eigenvalue weighted by molar-refractivity contribution is -0.138. The molecule has 0 amide bonds. The monoisotopic (exact) mass is 530 g/mol. The molecular weight excluding hydrogens is 509 g/mol. The fourth-order valence-electron chi connectivity index (χ4n) is 4.18. The first-order valence-electron chi connectivity index (χ1n) is 12.2. The summed E-state index contributed by atoms with van der Waals surface area (Å²) in [6.45, 7) is 2.22. The van der Waals surface area contributed by atoms with Gasteiger partial charge in [-0.1, -0.05) is 49.4 Å². The Morgan fingerprint density at radius 1 is 0.872 bits per heavy atom. The van der Waals surface area contributed by atoms with E-state index in [1.807, 2.05) is 55.5 Å². The van der Waals surface area contributed by atoms with Gasteiger partial charge in [0.05, 0.1) is 12.2 Å². The number of nitrogens with zero attached hydrogens (tertiary/aromatic N) is 3. The van der Waals surface area contributed by atoms with Gasteiger partial charge in [-0.05, 0) is 48.4 Å². The highest BCUT2D eigenvalue weighted by molar-refractivity contribution is 5.86. The van der Waals surface area contributed by atoms with Crippen LogP contribution >= 0.6 is 0 Å². The lowest BCUT2D eigenvalue weighted by Gasteiger charge is -2.12. The van der Waals surface area contributed by atoms with E-state index in [0.29, 0.717) is 18.6 Å². The van der Waals surface area contributed by atoms with Crippen molar-refractivity contribution in [3.8, 4) is 40.4 Å². The summed E-state index contributed by atoms with van der Waals surface area (Å²) in [6.07, 6.45) is -3.94. The molecule has 0 aliphatic heterocycles. The molecule has 1 N–H and O–H groups in total. The number of halogens is 3. The lowest BCUT2D eigenvalue weighted by atomic mass is 10.1. The van der Waals surface area contributed by atoms with Crippen LogP contribution in [0.4, 0.5) is 13.2 Å². The molecule has 0 aliphatic rings. The van der Waals surface area contributed by atoms with Crippen LogP contribution in [0.2, 0.25) is 0 Å². The summed E-state index contributed by atoms with van der Waals surface area (Å²) >= 11 is 0. The normalized spacial score (nSPS) is 11.8. The SMILES string of the molecule is CCCOc1nc(Oc2ccccc2C(F)(F)F)nc2oc(-c3cccc(-c4cc5ccccc5[nH]4)c3)nc12. The highest BCUT2D eigenvalue weighted by Gasteiger charge is 2.34. The maximum Gasteiger partial charge on any atom is 0.419 e. The topological polar surface area (TPSA) is 86.1 Å². The second kappa shape index (κ2) is 9.79. The molecule has 0 radical (unpaired) electrons. The zero-order valence-corrected chi connectivity index (χ0v) is 20.6. The van der Waals surface area contributed by atoms with E-state index in [2.05, 4.69) is 26.0 Å². The largest absolute Gasteiger partial charge is 0.476 e. The maximum atomic E-state index is 13.5. The number of oxazole rings is 1. The van der Waals surface area contributed by atoms with Crippen LogP contribution in [0, 0.1) is 0 Å². The minimum atomic E-state index is -4.61. The molecule has 0 atom stereocenters. The van der Waals surface area contributed by atoms with Crippen molar-refractivity contribution in [2.45, 2.75) is 19.5 Å². The quantitative estimate of drug-likeness (QED) is 0.225. The molecule has 0 fully saturated rings. The van der Waals surface area contributed by atoms with Crippen molar-refractivity contribution in [2.24, 2.45) is 0 Å². The molecule has 0 saturated heterocycles. The number of para-hydroxylation sites is 2. The van der Waals surface area contributed by atoms with Gasteiger partial charge in [-0.25, -0.2) is 4.98 Å². The molecule has 3 aromatic heterocycles. The Labute approximate surface area is 220 Å². The van der Waals surface area contributed by atoms with E-state index < -0.39 is 17.5 Å². The van der Waals surface area contributed by atoms with E-state index in [-0.39, 0.29) is 29.0 Å². The van der Waals surface area contributed by atoms with Crippen LogP contribution in [0.3, 0.4) is 0 Å². The summed E-state index contributed by atoms with van der Waals surface area (Å²) in [7, 11) is 0. The number of aromatic nitrogens is 4. The van der Waals surface area contributed by atoms with Crippen molar-refractivity contribution in [3.63, 3.8) is 0 Å². The number of benzene rings is 3. The summed E-state index contributed by atoms with van der Waals surface area (Å²) in [6, 6.07) is 22.2. The third-order valence-electron chi connectivity index (χ3n) is 5.99. The molecule has 0 saturated carbocycles. The van der Waals surface area contributed by atoms with E-state index in [4.69, 9.17) is 13.9 Å². The Balaban J connectivity index is 1.39. The molecule has 39 heavy (non-hydrogen) atoms. The average Bonchev–Trinajstić information content (AvgIpc) is 3.56. The van der Waals surface area contributed by atoms with E-state index in [0.717, 1.165) is 28.2 Å². The first-order chi connectivity index (χ1) is 18.9. The lowest BCUT2D eigenvalue weighted by Crippen LogP contribution is -2.08. The number of hydrogen-bond acceptors (Lipinski definition) is 6. The van der Waals surface area contributed by atoms with E-state index >= 15 is 0 Å². The predicted molar refractivity (Wildman–Crippen MR) is 140 cm³/mol. The summed E-state index contributed by atoms with van der Waals surface area (Å²) in [5.74, 6) is -0.119. The predicted octanol–water partition coefficient (Wildman–Crippen LogP) is 8.03. The van der Waals surface area contributed by atoms with Crippen LogP contribution in [0.15, 0.2) is 83.3 Å². The van der Waals surface area contributed by atoms with Crippen LogP contribution in [0.1, 0.15) is 18.9 Å². The van der Waals surface area contributed by atoms with Gasteiger partial charge in [0.1, 0.15) is 5.75 Å². The van der Waals surface area contributed by atoms with Crippen LogP contribution in [-0.2, 0) is 6.18 Å². The molecule has 0 unspecified atom stereocenters. The van der Waals surface area contributed by atoms with E-state index in [9.17, 15) is 13.2 Å². The molecule has 10 heteroatoms. The van der Waals surface area contributed by atoms with Gasteiger partial charge >= 0.3 is 12.2 Å². The Morgan fingerprint density at radius 3 is 2.49 bits per heavy atom. The van der Waals surface area contributed by atoms with E-state index in [1.54, 1.807) is 0 Å². The minimum Gasteiger partial charge on any atom is -0.476 e. The van der Waals surface area contributed by atoms with E-state index in [1.165, 1.54) is 18.2 Å². The number of nitrogens with one attached hydrogen (secondary N) is 1. The average molecular weight is 531 g/mol. The third kappa shape index (κ3) is 4.88. The Morgan fingerprint density at radius 2 is 1.67 bits per heavy atom. The first kappa shape index (κ1) is 24.5. The zero-order valence-electron chi connectivity index (χ0n) is 20.6. The van der Waals surface area contributed by atoms with Crippen molar-refractivity contribution in [2.75, 3.05) is 6.61 Å². The highest BCUT2D eigenvalue weighted by atomic mass is 19.4. The fourth-order valence-corrected chi connectivity index (χ4v) is 4.18. The van der Waals surface area contributed by atoms with Gasteiger partial charge in [-0.3, -0.25) is 0 Å². The third-order valence-corrected chi connectivity index (χ3v) is 5.99. The van der Waals surface area contributed by atoms with Crippen molar-refractivity contribution in [1.29, 1.82) is 0 Å². The van der Waals surface area contributed by atoms with Gasteiger partial charge in [0.25, 0.3) is 11.6 Å². The Bertz CT molecular complexity index is 1760. The highest BCUT2D eigenvalue weighted by Crippen LogP contribution is 2.38. The molecule has 3 aromatic carbocycles. The number of alkyl halides is 3. The minimum absolute atomic E-state index is 0.0293. The van der Waals surface area contributed by atoms with Crippen LogP contribution in [0.5, 0.6) is 17.6 Å². The standard InChI is InChI=1S/C29H21F3N4O3/c1-2-14-37-26-24-27(36-28(35-26)38-23-13-6-4-11-20(23)29(30,31)32)39-25(34-24)19-10-7-9-17(15-19)22-16-18-8-3-5-12-21(18)33-22/h3-13,15-16,33H,2,14H2,1H3. The Hall–Kier alpha value is -4.86. The number of hydrogen-bond donors (Lipinski definition) is 1. The molecule has 0 spiro atoms. The van der Waals surface area contributed by atoms with Gasteiger partial charge in [0.2, 0.25) is 5.89 Å². The summed E-state index contributed by atoms with van der Waals surface area (Å²) in [4.78, 5) is 16.4. The molecule has 6 rings (SSSR count). The van der Waals surface area contributed by atoms with Crippen LogP contribution < -0.4 is 9.47 Å². The fraction of sp³-hybridized carbons (Fsp3) is 0.138. The maximum absolute atomic E-state index is 13.5.